The van der Waals surface area contributed by atoms with E-state index < -0.39 is 6.17 Å². The molecule has 2 aromatic rings. The number of hydrogen-bond acceptors (Lipinski definition) is 2. The molecule has 130 valence electrons. The summed E-state index contributed by atoms with van der Waals surface area (Å²) in [4.78, 5) is 26.3. The summed E-state index contributed by atoms with van der Waals surface area (Å²) < 4.78 is 0. The Kier molecular flexibility index (Phi) is 5.16. The van der Waals surface area contributed by atoms with Gasteiger partial charge in [0.1, 0.15) is 6.17 Å². The number of urea groups is 1. The smallest absolute Gasteiger partial charge is 0.317 e. The first kappa shape index (κ1) is 17.6. The van der Waals surface area contributed by atoms with Gasteiger partial charge in [-0.25, -0.2) is 4.79 Å². The van der Waals surface area contributed by atoms with Gasteiger partial charge >= 0.3 is 6.03 Å². The van der Waals surface area contributed by atoms with Gasteiger partial charge in [-0.3, -0.25) is 9.69 Å². The summed E-state index contributed by atoms with van der Waals surface area (Å²) in [6, 6.07) is 13.4. The minimum atomic E-state index is -0.430. The molecule has 0 saturated carbocycles. The second-order valence-electron chi connectivity index (χ2n) is 5.97. The van der Waals surface area contributed by atoms with Gasteiger partial charge in [0.05, 0.1) is 0 Å². The van der Waals surface area contributed by atoms with Gasteiger partial charge in [0.25, 0.3) is 0 Å². The van der Waals surface area contributed by atoms with Gasteiger partial charge in [-0.05, 0) is 48.5 Å². The number of nitrogens with one attached hydrogen (secondary N) is 2. The fourth-order valence-electron chi connectivity index (χ4n) is 2.84. The van der Waals surface area contributed by atoms with Crippen LogP contribution in [0.2, 0.25) is 10.0 Å². The number of carbonyl (C=O) groups excluding carboxylic acids is 2. The van der Waals surface area contributed by atoms with E-state index in [0.29, 0.717) is 27.8 Å². The van der Waals surface area contributed by atoms with Crippen molar-refractivity contribution >= 4 is 46.5 Å². The van der Waals surface area contributed by atoms with Crippen LogP contribution in [0.3, 0.4) is 0 Å². The van der Waals surface area contributed by atoms with Gasteiger partial charge in [-0.15, -0.1) is 0 Å². The van der Waals surface area contributed by atoms with E-state index in [0.717, 1.165) is 0 Å². The van der Waals surface area contributed by atoms with Crippen LogP contribution in [0.25, 0.3) is 0 Å². The third kappa shape index (κ3) is 4.06. The molecule has 25 heavy (non-hydrogen) atoms. The van der Waals surface area contributed by atoms with Crippen LogP contribution in [0.1, 0.15) is 13.3 Å². The number of amides is 3. The number of anilines is 2. The normalized spacial score (nSPS) is 19.8. The summed E-state index contributed by atoms with van der Waals surface area (Å²) in [7, 11) is 0. The van der Waals surface area contributed by atoms with E-state index in [1.807, 2.05) is 6.92 Å². The van der Waals surface area contributed by atoms with E-state index in [9.17, 15) is 9.59 Å². The monoisotopic (exact) mass is 377 g/mol. The Morgan fingerprint density at radius 1 is 1.04 bits per heavy atom. The van der Waals surface area contributed by atoms with Crippen molar-refractivity contribution < 1.29 is 9.59 Å². The number of hydrogen-bond donors (Lipinski definition) is 2. The van der Waals surface area contributed by atoms with Crippen LogP contribution in [0, 0.1) is 5.92 Å². The SMILES string of the molecule is C[C@H]1CC(=O)N(c2ccc(Cl)cc2)[C@@H]1NC(=O)Nc1ccc(Cl)cc1. The van der Waals surface area contributed by atoms with Crippen molar-refractivity contribution in [3.05, 3.63) is 58.6 Å². The highest BCUT2D eigenvalue weighted by molar-refractivity contribution is 6.31. The minimum absolute atomic E-state index is 0.0147. The van der Waals surface area contributed by atoms with Crippen LogP contribution in [-0.4, -0.2) is 18.1 Å². The van der Waals surface area contributed by atoms with Crippen molar-refractivity contribution in [3.8, 4) is 0 Å². The molecule has 0 bridgehead atoms. The van der Waals surface area contributed by atoms with E-state index in [2.05, 4.69) is 10.6 Å². The first-order valence-electron chi connectivity index (χ1n) is 7.85. The van der Waals surface area contributed by atoms with Crippen LogP contribution in [0.5, 0.6) is 0 Å². The number of nitrogens with zero attached hydrogens (tertiary/aromatic N) is 1. The zero-order valence-electron chi connectivity index (χ0n) is 13.5. The van der Waals surface area contributed by atoms with Crippen LogP contribution < -0.4 is 15.5 Å². The standard InChI is InChI=1S/C18H17Cl2N3O2/c1-11-10-16(24)23(15-8-4-13(20)5-9-15)17(11)22-18(25)21-14-6-2-12(19)3-7-14/h2-9,11,17H,10H2,1H3,(H2,21,22,25)/t11-,17-/m0/s1. The predicted molar refractivity (Wildman–Crippen MR) is 100 cm³/mol. The molecular formula is C18H17Cl2N3O2. The molecule has 2 N–H and O–H groups in total. The number of rotatable bonds is 3. The Balaban J connectivity index is 1.74. The number of benzene rings is 2. The molecule has 3 rings (SSSR count). The van der Waals surface area contributed by atoms with E-state index in [-0.39, 0.29) is 17.9 Å². The molecular weight excluding hydrogens is 361 g/mol. The zero-order valence-corrected chi connectivity index (χ0v) is 15.0. The zero-order chi connectivity index (χ0) is 18.0. The van der Waals surface area contributed by atoms with Crippen LogP contribution in [-0.2, 0) is 4.79 Å². The lowest BCUT2D eigenvalue weighted by molar-refractivity contribution is -0.117. The van der Waals surface area contributed by atoms with Crippen molar-refractivity contribution in [1.82, 2.24) is 5.32 Å². The molecule has 0 aromatic heterocycles. The predicted octanol–water partition coefficient (Wildman–Crippen LogP) is 4.51. The Labute approximate surface area is 155 Å². The molecule has 1 aliphatic heterocycles. The average Bonchev–Trinajstić information content (AvgIpc) is 2.84. The largest absolute Gasteiger partial charge is 0.320 e. The van der Waals surface area contributed by atoms with Gasteiger partial charge in [0, 0.05) is 33.8 Å². The molecule has 5 nitrogen and oxygen atoms in total. The maximum atomic E-state index is 12.4. The molecule has 7 heteroatoms. The lowest BCUT2D eigenvalue weighted by Gasteiger charge is -2.28. The maximum absolute atomic E-state index is 12.4. The second-order valence-corrected chi connectivity index (χ2v) is 6.84. The molecule has 1 aliphatic rings. The summed E-state index contributed by atoms with van der Waals surface area (Å²) in [6.07, 6.45) is -0.0601. The fourth-order valence-corrected chi connectivity index (χ4v) is 3.09. The number of carbonyl (C=O) groups is 2. The second kappa shape index (κ2) is 7.33. The van der Waals surface area contributed by atoms with Crippen molar-refractivity contribution in [2.24, 2.45) is 5.92 Å². The molecule has 1 heterocycles. The highest BCUT2D eigenvalue weighted by atomic mass is 35.5. The lowest BCUT2D eigenvalue weighted by Crippen LogP contribution is -2.49. The number of halogens is 2. The van der Waals surface area contributed by atoms with E-state index in [4.69, 9.17) is 23.2 Å². The maximum Gasteiger partial charge on any atom is 0.320 e. The third-order valence-electron chi connectivity index (χ3n) is 4.07. The fraction of sp³-hybridized carbons (Fsp3) is 0.222. The van der Waals surface area contributed by atoms with Gasteiger partial charge in [0.2, 0.25) is 5.91 Å². The molecule has 2 atom stereocenters. The van der Waals surface area contributed by atoms with Gasteiger partial charge in [-0.2, -0.15) is 0 Å². The summed E-state index contributed by atoms with van der Waals surface area (Å²) in [5.74, 6) is -0.0502. The molecule has 1 fully saturated rings. The van der Waals surface area contributed by atoms with Crippen molar-refractivity contribution in [2.45, 2.75) is 19.5 Å². The summed E-state index contributed by atoms with van der Waals surface area (Å²) in [5.41, 5.74) is 1.33. The van der Waals surface area contributed by atoms with Gasteiger partial charge < -0.3 is 10.6 Å². The summed E-state index contributed by atoms with van der Waals surface area (Å²) in [5, 5.41) is 6.80. The topological polar surface area (TPSA) is 61.4 Å². The first-order chi connectivity index (χ1) is 11.9. The quantitative estimate of drug-likeness (QED) is 0.825. The van der Waals surface area contributed by atoms with Crippen molar-refractivity contribution in [3.63, 3.8) is 0 Å². The molecule has 0 spiro atoms. The Morgan fingerprint density at radius 3 is 2.20 bits per heavy atom. The van der Waals surface area contributed by atoms with Crippen LogP contribution in [0.15, 0.2) is 48.5 Å². The molecule has 2 aromatic carbocycles. The Morgan fingerprint density at radius 2 is 1.60 bits per heavy atom. The van der Waals surface area contributed by atoms with Gasteiger partial charge in [0.15, 0.2) is 0 Å². The van der Waals surface area contributed by atoms with Gasteiger partial charge in [-0.1, -0.05) is 30.1 Å². The van der Waals surface area contributed by atoms with Crippen LogP contribution in [0.4, 0.5) is 16.2 Å². The molecule has 3 amide bonds. The highest BCUT2D eigenvalue weighted by Gasteiger charge is 2.39. The molecule has 1 saturated heterocycles. The summed E-state index contributed by atoms with van der Waals surface area (Å²) in [6.45, 7) is 1.93. The van der Waals surface area contributed by atoms with E-state index in [1.54, 1.807) is 53.4 Å². The van der Waals surface area contributed by atoms with Crippen molar-refractivity contribution in [1.29, 1.82) is 0 Å². The Hall–Kier alpha value is -2.24. The minimum Gasteiger partial charge on any atom is -0.317 e. The molecule has 0 aliphatic carbocycles. The Bertz CT molecular complexity index is 778. The average molecular weight is 378 g/mol. The highest BCUT2D eigenvalue weighted by Crippen LogP contribution is 2.30. The first-order valence-corrected chi connectivity index (χ1v) is 8.60. The van der Waals surface area contributed by atoms with E-state index in [1.165, 1.54) is 0 Å². The third-order valence-corrected chi connectivity index (χ3v) is 4.57. The summed E-state index contributed by atoms with van der Waals surface area (Å²) >= 11 is 11.7. The van der Waals surface area contributed by atoms with Crippen LogP contribution >= 0.6 is 23.2 Å². The molecule has 0 unspecified atom stereocenters. The lowest BCUT2D eigenvalue weighted by atomic mass is 10.1. The van der Waals surface area contributed by atoms with Crippen molar-refractivity contribution in [2.75, 3.05) is 10.2 Å². The molecule has 0 radical (unpaired) electrons. The van der Waals surface area contributed by atoms with E-state index >= 15 is 0 Å².